The molecule has 21 heavy (non-hydrogen) atoms. The molecule has 0 aliphatic rings. The van der Waals surface area contributed by atoms with Gasteiger partial charge in [-0.1, -0.05) is 30.3 Å². The van der Waals surface area contributed by atoms with Gasteiger partial charge in [-0.15, -0.1) is 0 Å². The molecular weight excluding hydrogens is 262 g/mol. The molecule has 4 nitrogen and oxygen atoms in total. The van der Waals surface area contributed by atoms with Gasteiger partial charge in [-0.3, -0.25) is 4.99 Å². The summed E-state index contributed by atoms with van der Waals surface area (Å²) in [4.78, 5) is 12.1. The van der Waals surface area contributed by atoms with Crippen LogP contribution in [0.2, 0.25) is 0 Å². The molecule has 0 atom stereocenters. The first-order chi connectivity index (χ1) is 10.3. The Balaban J connectivity index is 2.02. The Labute approximate surface area is 120 Å². The summed E-state index contributed by atoms with van der Waals surface area (Å²) in [7, 11) is 1.72. The van der Waals surface area contributed by atoms with Gasteiger partial charge in [0.25, 0.3) is 0 Å². The third-order valence-electron chi connectivity index (χ3n) is 3.51. The van der Waals surface area contributed by atoms with Crippen LogP contribution in [0.25, 0.3) is 33.4 Å². The molecule has 0 aliphatic carbocycles. The first-order valence-corrected chi connectivity index (χ1v) is 6.76. The molecule has 0 unspecified atom stereocenters. The Morgan fingerprint density at radius 1 is 1.05 bits per heavy atom. The minimum atomic E-state index is 0.547. The molecule has 0 bridgehead atoms. The lowest BCUT2D eigenvalue weighted by atomic mass is 10.2. The molecular formula is C17H13N3O. The lowest BCUT2D eigenvalue weighted by molar-refractivity contribution is 0.500. The fourth-order valence-electron chi connectivity index (χ4n) is 2.50. The molecule has 4 rings (SSSR count). The number of hydrogen-bond donors (Lipinski definition) is 1. The number of nitrogens with one attached hydrogen (secondary N) is 1. The number of benzene rings is 2. The van der Waals surface area contributed by atoms with E-state index in [2.05, 4.69) is 21.0 Å². The minimum Gasteiger partial charge on any atom is -0.418 e. The number of H-pyrrole nitrogens is 1. The number of aromatic amines is 1. The van der Waals surface area contributed by atoms with Crippen LogP contribution in [0.15, 0.2) is 64.0 Å². The number of para-hydroxylation sites is 2. The van der Waals surface area contributed by atoms with Gasteiger partial charge in [-0.05, 0) is 24.3 Å². The largest absolute Gasteiger partial charge is 0.418 e. The second-order valence-electron chi connectivity index (χ2n) is 4.84. The number of hydrogen-bond acceptors (Lipinski definition) is 3. The summed E-state index contributed by atoms with van der Waals surface area (Å²) in [5.41, 5.74) is 3.38. The van der Waals surface area contributed by atoms with E-state index in [4.69, 9.17) is 4.42 Å². The Morgan fingerprint density at radius 3 is 2.71 bits per heavy atom. The third-order valence-corrected chi connectivity index (χ3v) is 3.51. The van der Waals surface area contributed by atoms with Crippen LogP contribution < -0.4 is 5.55 Å². The Bertz CT molecular complexity index is 978. The van der Waals surface area contributed by atoms with Crippen molar-refractivity contribution in [3.05, 3.63) is 60.2 Å². The maximum absolute atomic E-state index is 5.85. The SMILES string of the molecule is C/N=c1/oc(-c2cc3ccccc3[nH]2)nc2ccccc12. The lowest BCUT2D eigenvalue weighted by Gasteiger charge is -2.01. The predicted octanol–water partition coefficient (Wildman–Crippen LogP) is 3.51. The van der Waals surface area contributed by atoms with Crippen LogP contribution in [0.1, 0.15) is 0 Å². The molecule has 0 spiro atoms. The zero-order chi connectivity index (χ0) is 14.2. The van der Waals surface area contributed by atoms with Crippen LogP contribution in [0.5, 0.6) is 0 Å². The molecule has 1 N–H and O–H groups in total. The average Bonchev–Trinajstić information content (AvgIpc) is 2.98. The molecule has 2 aromatic heterocycles. The summed E-state index contributed by atoms with van der Waals surface area (Å²) < 4.78 is 5.85. The molecule has 0 fully saturated rings. The average molecular weight is 275 g/mol. The highest BCUT2D eigenvalue weighted by Crippen LogP contribution is 2.23. The van der Waals surface area contributed by atoms with Gasteiger partial charge in [0.1, 0.15) is 5.69 Å². The van der Waals surface area contributed by atoms with Crippen molar-refractivity contribution in [1.82, 2.24) is 9.97 Å². The number of fused-ring (bicyclic) bond motifs is 2. The van der Waals surface area contributed by atoms with Crippen molar-refractivity contribution >= 4 is 21.8 Å². The topological polar surface area (TPSA) is 54.2 Å². The van der Waals surface area contributed by atoms with Gasteiger partial charge in [0, 0.05) is 18.0 Å². The predicted molar refractivity (Wildman–Crippen MR) is 82.8 cm³/mol. The van der Waals surface area contributed by atoms with Crippen molar-refractivity contribution in [3.8, 4) is 11.6 Å². The van der Waals surface area contributed by atoms with E-state index in [-0.39, 0.29) is 0 Å². The number of aromatic nitrogens is 2. The van der Waals surface area contributed by atoms with Crippen molar-refractivity contribution in [1.29, 1.82) is 0 Å². The molecule has 0 saturated heterocycles. The zero-order valence-electron chi connectivity index (χ0n) is 11.5. The normalized spacial score (nSPS) is 12.3. The molecule has 0 amide bonds. The van der Waals surface area contributed by atoms with Crippen LogP contribution in [0.3, 0.4) is 0 Å². The van der Waals surface area contributed by atoms with Gasteiger partial charge in [0.2, 0.25) is 11.4 Å². The van der Waals surface area contributed by atoms with E-state index in [1.54, 1.807) is 7.05 Å². The monoisotopic (exact) mass is 275 g/mol. The smallest absolute Gasteiger partial charge is 0.245 e. The Morgan fingerprint density at radius 2 is 1.86 bits per heavy atom. The second kappa shape index (κ2) is 4.59. The second-order valence-corrected chi connectivity index (χ2v) is 4.84. The summed E-state index contributed by atoms with van der Waals surface area (Å²) in [6.45, 7) is 0. The molecule has 2 heterocycles. The van der Waals surface area contributed by atoms with Crippen molar-refractivity contribution in [2.45, 2.75) is 0 Å². The third kappa shape index (κ3) is 1.92. The fraction of sp³-hybridized carbons (Fsp3) is 0.0588. The molecule has 102 valence electrons. The molecule has 2 aromatic carbocycles. The fourth-order valence-corrected chi connectivity index (χ4v) is 2.50. The van der Waals surface area contributed by atoms with E-state index < -0.39 is 0 Å². The van der Waals surface area contributed by atoms with E-state index in [0.717, 1.165) is 27.5 Å². The molecule has 0 aliphatic heterocycles. The highest BCUT2D eigenvalue weighted by Gasteiger charge is 2.09. The standard InChI is InChI=1S/C17H13N3O/c1-18-16-12-7-3-5-9-14(12)20-17(21-16)15-10-11-6-2-4-8-13(11)19-15/h2-10,19H,1H3/b18-16+. The van der Waals surface area contributed by atoms with Gasteiger partial charge < -0.3 is 9.40 Å². The molecule has 4 aromatic rings. The molecule has 4 heteroatoms. The van der Waals surface area contributed by atoms with E-state index in [1.165, 1.54) is 0 Å². The van der Waals surface area contributed by atoms with Gasteiger partial charge in [-0.2, -0.15) is 0 Å². The van der Waals surface area contributed by atoms with Gasteiger partial charge in [0.15, 0.2) is 0 Å². The Hall–Kier alpha value is -2.88. The van der Waals surface area contributed by atoms with Crippen LogP contribution in [0.4, 0.5) is 0 Å². The van der Waals surface area contributed by atoms with E-state index in [9.17, 15) is 0 Å². The van der Waals surface area contributed by atoms with Gasteiger partial charge >= 0.3 is 0 Å². The molecule has 0 radical (unpaired) electrons. The van der Waals surface area contributed by atoms with Crippen LogP contribution in [-0.2, 0) is 0 Å². The number of rotatable bonds is 1. The van der Waals surface area contributed by atoms with Crippen molar-refractivity contribution in [2.24, 2.45) is 4.99 Å². The Kier molecular flexibility index (Phi) is 2.60. The van der Waals surface area contributed by atoms with E-state index >= 15 is 0 Å². The van der Waals surface area contributed by atoms with E-state index in [1.807, 2.05) is 48.5 Å². The maximum Gasteiger partial charge on any atom is 0.245 e. The summed E-state index contributed by atoms with van der Waals surface area (Å²) in [6, 6.07) is 18.0. The first kappa shape index (κ1) is 11.9. The summed E-state index contributed by atoms with van der Waals surface area (Å²) in [5, 5.41) is 2.05. The van der Waals surface area contributed by atoms with Crippen molar-refractivity contribution < 1.29 is 4.42 Å². The maximum atomic E-state index is 5.85. The van der Waals surface area contributed by atoms with Crippen LogP contribution in [0, 0.1) is 0 Å². The highest BCUT2D eigenvalue weighted by molar-refractivity contribution is 5.85. The highest BCUT2D eigenvalue weighted by atomic mass is 16.3. The first-order valence-electron chi connectivity index (χ1n) is 6.76. The van der Waals surface area contributed by atoms with Gasteiger partial charge in [0.05, 0.1) is 10.9 Å². The van der Waals surface area contributed by atoms with E-state index in [0.29, 0.717) is 11.4 Å². The van der Waals surface area contributed by atoms with Crippen LogP contribution >= 0.6 is 0 Å². The summed E-state index contributed by atoms with van der Waals surface area (Å²) >= 11 is 0. The quantitative estimate of drug-likeness (QED) is 0.578. The summed E-state index contributed by atoms with van der Waals surface area (Å²) in [6.07, 6.45) is 0. The zero-order valence-corrected chi connectivity index (χ0v) is 11.5. The van der Waals surface area contributed by atoms with Crippen molar-refractivity contribution in [3.63, 3.8) is 0 Å². The molecule has 0 saturated carbocycles. The number of nitrogens with zero attached hydrogens (tertiary/aromatic N) is 2. The van der Waals surface area contributed by atoms with Crippen molar-refractivity contribution in [2.75, 3.05) is 7.05 Å². The van der Waals surface area contributed by atoms with Crippen LogP contribution in [-0.4, -0.2) is 17.0 Å². The summed E-state index contributed by atoms with van der Waals surface area (Å²) in [5.74, 6) is 0.547. The van der Waals surface area contributed by atoms with Gasteiger partial charge in [-0.25, -0.2) is 4.98 Å². The minimum absolute atomic E-state index is 0.547. The lowest BCUT2D eigenvalue weighted by Crippen LogP contribution is -2.05.